The fraction of sp³-hybridized carbons (Fsp3) is 0.680. The molecule has 2 heterocycles. The molecule has 1 aromatic carbocycles. The number of piperidine rings is 1. The minimum Gasteiger partial charge on any atom is -0.497 e. The molecule has 1 aromatic rings. The summed E-state index contributed by atoms with van der Waals surface area (Å²) in [5, 5.41) is 3.29. The van der Waals surface area contributed by atoms with Crippen molar-refractivity contribution in [3.63, 3.8) is 0 Å². The quantitative estimate of drug-likeness (QED) is 0.615. The average molecular weight is 430 g/mol. The molecule has 6 heteroatoms. The van der Waals surface area contributed by atoms with Gasteiger partial charge in [-0.2, -0.15) is 0 Å². The molecule has 2 aliphatic heterocycles. The Kier molecular flexibility index (Phi) is 8.76. The van der Waals surface area contributed by atoms with Gasteiger partial charge in [-0.05, 0) is 49.9 Å². The summed E-state index contributed by atoms with van der Waals surface area (Å²) in [5.41, 5.74) is 1.01. The van der Waals surface area contributed by atoms with Gasteiger partial charge in [-0.1, -0.05) is 38.8 Å². The van der Waals surface area contributed by atoms with Crippen LogP contribution in [0, 0.1) is 5.92 Å². The van der Waals surface area contributed by atoms with Crippen molar-refractivity contribution in [2.24, 2.45) is 5.92 Å². The molecule has 2 aliphatic rings. The lowest BCUT2D eigenvalue weighted by Gasteiger charge is -2.34. The second-order valence-electron chi connectivity index (χ2n) is 8.95. The Morgan fingerprint density at radius 1 is 1.06 bits per heavy atom. The number of benzene rings is 1. The lowest BCUT2D eigenvalue weighted by atomic mass is 9.91. The highest BCUT2D eigenvalue weighted by Crippen LogP contribution is 2.39. The van der Waals surface area contributed by atoms with Crippen LogP contribution < -0.4 is 10.1 Å². The van der Waals surface area contributed by atoms with Crippen molar-refractivity contribution in [2.45, 2.75) is 70.9 Å². The fourth-order valence-electron chi connectivity index (χ4n) is 4.82. The zero-order valence-corrected chi connectivity index (χ0v) is 19.4. The molecule has 0 bridgehead atoms. The smallest absolute Gasteiger partial charge is 0.226 e. The first-order valence-corrected chi connectivity index (χ1v) is 12.0. The molecular weight excluding hydrogens is 390 g/mol. The first-order valence-electron chi connectivity index (χ1n) is 12.0. The van der Waals surface area contributed by atoms with E-state index in [1.54, 1.807) is 7.11 Å². The number of ether oxygens (including phenoxy) is 1. The minimum absolute atomic E-state index is 0.0279. The monoisotopic (exact) mass is 429 g/mol. The molecule has 31 heavy (non-hydrogen) atoms. The van der Waals surface area contributed by atoms with E-state index >= 15 is 0 Å². The molecule has 0 saturated carbocycles. The van der Waals surface area contributed by atoms with Crippen LogP contribution in [0.1, 0.15) is 70.4 Å². The largest absolute Gasteiger partial charge is 0.497 e. The van der Waals surface area contributed by atoms with E-state index in [0.29, 0.717) is 13.0 Å². The number of carbonyl (C=O) groups is 2. The molecule has 1 N–H and O–H groups in total. The molecule has 2 atom stereocenters. The molecule has 2 saturated heterocycles. The zero-order chi connectivity index (χ0) is 22.2. The molecule has 0 radical (unpaired) electrons. The summed E-state index contributed by atoms with van der Waals surface area (Å²) >= 11 is 0. The third kappa shape index (κ3) is 6.00. The van der Waals surface area contributed by atoms with E-state index in [-0.39, 0.29) is 29.8 Å². The third-order valence-electron chi connectivity index (χ3n) is 6.74. The Morgan fingerprint density at radius 3 is 2.32 bits per heavy atom. The molecular formula is C25H39N3O3. The van der Waals surface area contributed by atoms with Gasteiger partial charge in [0.25, 0.3) is 0 Å². The van der Waals surface area contributed by atoms with E-state index in [9.17, 15) is 9.59 Å². The van der Waals surface area contributed by atoms with Crippen LogP contribution in [0.15, 0.2) is 24.3 Å². The first kappa shape index (κ1) is 23.6. The Hall–Kier alpha value is -2.08. The number of unbranched alkanes of at least 4 members (excludes halogenated alkanes) is 2. The number of hydrogen-bond donors (Lipinski definition) is 1. The maximum atomic E-state index is 13.3. The number of carbonyl (C=O) groups excluding carboxylic acids is 2. The second kappa shape index (κ2) is 11.5. The van der Waals surface area contributed by atoms with E-state index < -0.39 is 0 Å². The molecule has 2 amide bonds. The Balaban J connectivity index is 1.68. The summed E-state index contributed by atoms with van der Waals surface area (Å²) in [5.74, 6) is 0.559. The van der Waals surface area contributed by atoms with Crippen molar-refractivity contribution >= 4 is 11.8 Å². The summed E-state index contributed by atoms with van der Waals surface area (Å²) in [6, 6.07) is 7.83. The molecule has 2 unspecified atom stereocenters. The van der Waals surface area contributed by atoms with E-state index in [4.69, 9.17) is 4.74 Å². The summed E-state index contributed by atoms with van der Waals surface area (Å²) in [7, 11) is 1.64. The van der Waals surface area contributed by atoms with E-state index in [0.717, 1.165) is 56.6 Å². The predicted octanol–water partition coefficient (Wildman–Crippen LogP) is 3.77. The standard InChI is InChI=1S/C25H39N3O3/c1-4-6-14-27-16-12-20(13-17-27)26-25(30)22-18-23(29)28(15-7-5-2)24(22)19-8-10-21(31-3)11-9-19/h8-11,20,22,24H,4-7,12-18H2,1-3H3,(H,26,30). The van der Waals surface area contributed by atoms with Crippen LogP contribution >= 0.6 is 0 Å². The van der Waals surface area contributed by atoms with E-state index in [2.05, 4.69) is 24.1 Å². The second-order valence-corrected chi connectivity index (χ2v) is 8.95. The summed E-state index contributed by atoms with van der Waals surface area (Å²) in [4.78, 5) is 30.6. The van der Waals surface area contributed by atoms with E-state index in [1.807, 2.05) is 29.2 Å². The maximum Gasteiger partial charge on any atom is 0.226 e. The number of nitrogens with zero attached hydrogens (tertiary/aromatic N) is 2. The summed E-state index contributed by atoms with van der Waals surface area (Å²) in [6.07, 6.45) is 6.69. The van der Waals surface area contributed by atoms with Gasteiger partial charge in [-0.15, -0.1) is 0 Å². The van der Waals surface area contributed by atoms with Gasteiger partial charge in [0.15, 0.2) is 0 Å². The fourth-order valence-corrected chi connectivity index (χ4v) is 4.82. The average Bonchev–Trinajstić information content (AvgIpc) is 3.13. The molecule has 0 spiro atoms. The number of methoxy groups -OCH3 is 1. The zero-order valence-electron chi connectivity index (χ0n) is 19.4. The van der Waals surface area contributed by atoms with Crippen LogP contribution in [0.2, 0.25) is 0 Å². The molecule has 0 aromatic heterocycles. The van der Waals surface area contributed by atoms with Crippen LogP contribution in [-0.2, 0) is 9.59 Å². The van der Waals surface area contributed by atoms with Crippen molar-refractivity contribution in [1.82, 2.24) is 15.1 Å². The Labute approximate surface area is 187 Å². The predicted molar refractivity (Wildman–Crippen MR) is 123 cm³/mol. The van der Waals surface area contributed by atoms with Gasteiger partial charge in [0.05, 0.1) is 19.1 Å². The van der Waals surface area contributed by atoms with Crippen molar-refractivity contribution in [3.8, 4) is 5.75 Å². The first-order chi connectivity index (χ1) is 15.1. The van der Waals surface area contributed by atoms with Gasteiger partial charge in [-0.25, -0.2) is 0 Å². The van der Waals surface area contributed by atoms with Gasteiger partial charge in [0.2, 0.25) is 11.8 Å². The SMILES string of the molecule is CCCCN1CCC(NC(=O)C2CC(=O)N(CCCC)C2c2ccc(OC)cc2)CC1. The van der Waals surface area contributed by atoms with Gasteiger partial charge in [0.1, 0.15) is 5.75 Å². The normalized spacial score (nSPS) is 22.7. The van der Waals surface area contributed by atoms with Gasteiger partial charge in [0, 0.05) is 32.1 Å². The Morgan fingerprint density at radius 2 is 1.71 bits per heavy atom. The molecule has 0 aliphatic carbocycles. The van der Waals surface area contributed by atoms with Gasteiger partial charge in [-0.3, -0.25) is 9.59 Å². The van der Waals surface area contributed by atoms with E-state index in [1.165, 1.54) is 12.8 Å². The van der Waals surface area contributed by atoms with Crippen molar-refractivity contribution < 1.29 is 14.3 Å². The number of rotatable bonds is 10. The van der Waals surface area contributed by atoms with Crippen molar-refractivity contribution in [3.05, 3.63) is 29.8 Å². The molecule has 2 fully saturated rings. The molecule has 3 rings (SSSR count). The molecule has 172 valence electrons. The highest BCUT2D eigenvalue weighted by molar-refractivity contribution is 5.90. The van der Waals surface area contributed by atoms with Crippen LogP contribution in [-0.4, -0.2) is 60.9 Å². The van der Waals surface area contributed by atoms with Crippen LogP contribution in [0.3, 0.4) is 0 Å². The van der Waals surface area contributed by atoms with Gasteiger partial charge >= 0.3 is 0 Å². The number of nitrogens with one attached hydrogen (secondary N) is 1. The lowest BCUT2D eigenvalue weighted by Crippen LogP contribution is -2.47. The number of amides is 2. The Bertz CT molecular complexity index is 713. The highest BCUT2D eigenvalue weighted by atomic mass is 16.5. The van der Waals surface area contributed by atoms with Gasteiger partial charge < -0.3 is 19.9 Å². The van der Waals surface area contributed by atoms with Crippen molar-refractivity contribution in [2.75, 3.05) is 33.3 Å². The summed E-state index contributed by atoms with van der Waals surface area (Å²) in [6.45, 7) is 8.28. The topological polar surface area (TPSA) is 61.9 Å². The highest BCUT2D eigenvalue weighted by Gasteiger charge is 2.44. The van der Waals surface area contributed by atoms with Crippen molar-refractivity contribution in [1.29, 1.82) is 0 Å². The minimum atomic E-state index is -0.337. The van der Waals surface area contributed by atoms with Crippen LogP contribution in [0.25, 0.3) is 0 Å². The summed E-state index contributed by atoms with van der Waals surface area (Å²) < 4.78 is 5.29. The van der Waals surface area contributed by atoms with Crippen LogP contribution in [0.5, 0.6) is 5.75 Å². The molecule has 6 nitrogen and oxygen atoms in total. The van der Waals surface area contributed by atoms with Crippen LogP contribution in [0.4, 0.5) is 0 Å². The third-order valence-corrected chi connectivity index (χ3v) is 6.74. The number of likely N-dealkylation sites (tertiary alicyclic amines) is 2. The lowest BCUT2D eigenvalue weighted by molar-refractivity contribution is -0.129. The number of hydrogen-bond acceptors (Lipinski definition) is 4. The maximum absolute atomic E-state index is 13.3.